The molecule has 35 heavy (non-hydrogen) atoms. The predicted molar refractivity (Wildman–Crippen MR) is 135 cm³/mol. The number of halogens is 2. The third-order valence-electron chi connectivity index (χ3n) is 6.07. The van der Waals surface area contributed by atoms with Gasteiger partial charge in [-0.2, -0.15) is 0 Å². The molecule has 2 N–H and O–H groups in total. The van der Waals surface area contributed by atoms with Crippen molar-refractivity contribution < 1.29 is 18.5 Å². The monoisotopic (exact) mass is 515 g/mol. The zero-order chi connectivity index (χ0) is 24.8. The molecule has 2 unspecified atom stereocenters. The minimum atomic E-state index is -0.570. The van der Waals surface area contributed by atoms with Crippen molar-refractivity contribution in [3.8, 4) is 11.3 Å². The summed E-state index contributed by atoms with van der Waals surface area (Å²) in [6, 6.07) is 13.4. The fourth-order valence-corrected chi connectivity index (χ4v) is 5.33. The highest BCUT2D eigenvalue weighted by Crippen LogP contribution is 2.37. The molecule has 1 aliphatic carbocycles. The van der Waals surface area contributed by atoms with E-state index in [0.717, 1.165) is 25.7 Å². The van der Waals surface area contributed by atoms with Gasteiger partial charge in [0.15, 0.2) is 0 Å². The van der Waals surface area contributed by atoms with E-state index < -0.39 is 5.82 Å². The first-order valence-corrected chi connectivity index (χ1v) is 13.0. The van der Waals surface area contributed by atoms with Crippen LogP contribution in [-0.2, 0) is 0 Å². The first kappa shape index (κ1) is 25.3. The lowest BCUT2D eigenvalue weighted by atomic mass is 9.85. The van der Waals surface area contributed by atoms with Crippen molar-refractivity contribution in [3.63, 3.8) is 0 Å². The average molecular weight is 516 g/mol. The Hall–Kier alpha value is -2.84. The van der Waals surface area contributed by atoms with Crippen LogP contribution in [0.5, 0.6) is 0 Å². The van der Waals surface area contributed by atoms with Gasteiger partial charge in [-0.25, -0.2) is 4.39 Å². The van der Waals surface area contributed by atoms with Gasteiger partial charge in [0.25, 0.3) is 11.8 Å². The highest BCUT2D eigenvalue weighted by atomic mass is 35.5. The third-order valence-corrected chi connectivity index (χ3v) is 7.21. The molecule has 1 aliphatic rings. The molecule has 1 heterocycles. The minimum Gasteiger partial charge on any atom is -0.352 e. The number of amides is 2. The van der Waals surface area contributed by atoms with Crippen molar-refractivity contribution in [3.05, 3.63) is 70.5 Å². The molecule has 4 rings (SSSR count). The van der Waals surface area contributed by atoms with Crippen molar-refractivity contribution in [1.29, 1.82) is 0 Å². The molecule has 6 nitrogen and oxygen atoms in total. The van der Waals surface area contributed by atoms with E-state index in [9.17, 15) is 14.0 Å². The van der Waals surface area contributed by atoms with E-state index in [-0.39, 0.29) is 45.6 Å². The number of thioether (sulfide) groups is 1. The Morgan fingerprint density at radius 2 is 1.94 bits per heavy atom. The average Bonchev–Trinajstić information content (AvgIpc) is 3.26. The summed E-state index contributed by atoms with van der Waals surface area (Å²) in [6.45, 7) is 2.47. The maximum absolute atomic E-state index is 14.6. The van der Waals surface area contributed by atoms with Crippen LogP contribution in [0.2, 0.25) is 5.02 Å². The topological polar surface area (TPSA) is 84.2 Å². The van der Waals surface area contributed by atoms with E-state index in [1.54, 1.807) is 18.2 Å². The Balaban J connectivity index is 1.45. The van der Waals surface area contributed by atoms with E-state index in [2.05, 4.69) is 15.8 Å². The molecule has 1 aromatic heterocycles. The maximum Gasteiger partial charge on any atom is 0.258 e. The van der Waals surface area contributed by atoms with Gasteiger partial charge < -0.3 is 15.2 Å². The SMILES string of the molecule is CCSc1onc(-c2c(F)cccc2Cl)c1C(=O)NC1CCCC(CNC(=O)c2ccccc2)C1. The number of nitrogens with one attached hydrogen (secondary N) is 2. The van der Waals surface area contributed by atoms with Crippen LogP contribution in [0.4, 0.5) is 4.39 Å². The van der Waals surface area contributed by atoms with Crippen molar-refractivity contribution in [1.82, 2.24) is 15.8 Å². The van der Waals surface area contributed by atoms with Gasteiger partial charge in [0.2, 0.25) is 5.09 Å². The lowest BCUT2D eigenvalue weighted by Gasteiger charge is -2.30. The summed E-state index contributed by atoms with van der Waals surface area (Å²) in [6.07, 6.45) is 3.47. The van der Waals surface area contributed by atoms with E-state index in [0.29, 0.717) is 23.0 Å². The first-order chi connectivity index (χ1) is 17.0. The number of rotatable bonds is 8. The largest absolute Gasteiger partial charge is 0.352 e. The standard InChI is InChI=1S/C26H27ClFN3O3S/c1-2-35-26-22(23(31-34-26)21-19(27)12-7-13-20(21)28)25(33)30-18-11-6-8-16(14-18)15-29-24(32)17-9-4-3-5-10-17/h3-5,7,9-10,12-13,16,18H,2,6,8,11,14-15H2,1H3,(H,29,32)(H,30,33). The quantitative estimate of drug-likeness (QED) is 0.361. The van der Waals surface area contributed by atoms with E-state index in [1.165, 1.54) is 23.9 Å². The van der Waals surface area contributed by atoms with Crippen LogP contribution in [-0.4, -0.2) is 35.3 Å². The molecule has 184 valence electrons. The van der Waals surface area contributed by atoms with Crippen molar-refractivity contribution in [2.45, 2.75) is 43.7 Å². The van der Waals surface area contributed by atoms with E-state index in [4.69, 9.17) is 16.1 Å². The molecule has 2 atom stereocenters. The number of nitrogens with zero attached hydrogens (tertiary/aromatic N) is 1. The lowest BCUT2D eigenvalue weighted by Crippen LogP contribution is -2.41. The zero-order valence-electron chi connectivity index (χ0n) is 19.4. The maximum atomic E-state index is 14.6. The van der Waals surface area contributed by atoms with Gasteiger partial charge in [-0.05, 0) is 55.2 Å². The van der Waals surface area contributed by atoms with Gasteiger partial charge in [-0.1, -0.05) is 66.1 Å². The zero-order valence-corrected chi connectivity index (χ0v) is 20.9. The van der Waals surface area contributed by atoms with E-state index in [1.807, 2.05) is 25.1 Å². The Bertz CT molecular complexity index is 1170. The molecule has 0 bridgehead atoms. The summed E-state index contributed by atoms with van der Waals surface area (Å²) in [7, 11) is 0. The highest BCUT2D eigenvalue weighted by molar-refractivity contribution is 7.99. The summed E-state index contributed by atoms with van der Waals surface area (Å²) in [5, 5.41) is 10.6. The molecule has 1 saturated carbocycles. The summed E-state index contributed by atoms with van der Waals surface area (Å²) in [5.74, 6) is -0.134. The molecule has 0 spiro atoms. The number of benzene rings is 2. The summed E-state index contributed by atoms with van der Waals surface area (Å²) >= 11 is 7.57. The van der Waals surface area contributed by atoms with Crippen molar-refractivity contribution in [2.24, 2.45) is 5.92 Å². The fourth-order valence-electron chi connectivity index (χ4n) is 4.39. The molecule has 2 aromatic carbocycles. The smallest absolute Gasteiger partial charge is 0.258 e. The second-order valence-electron chi connectivity index (χ2n) is 8.50. The minimum absolute atomic E-state index is 0.0520. The van der Waals surface area contributed by atoms with Gasteiger partial charge in [-0.3, -0.25) is 9.59 Å². The Labute approximate surface area is 213 Å². The van der Waals surface area contributed by atoms with Gasteiger partial charge in [0.1, 0.15) is 17.1 Å². The molecule has 0 radical (unpaired) electrons. The molecule has 3 aromatic rings. The normalized spacial score (nSPS) is 17.7. The molecule has 9 heteroatoms. The molecule has 1 fully saturated rings. The second kappa shape index (κ2) is 11.7. The van der Waals surface area contributed by atoms with Crippen LogP contribution >= 0.6 is 23.4 Å². The van der Waals surface area contributed by atoms with Crippen LogP contribution in [0.1, 0.15) is 53.3 Å². The van der Waals surface area contributed by atoms with Crippen molar-refractivity contribution in [2.75, 3.05) is 12.3 Å². The first-order valence-electron chi connectivity index (χ1n) is 11.7. The molecular weight excluding hydrogens is 489 g/mol. The van der Waals surface area contributed by atoms with Crippen LogP contribution in [0.3, 0.4) is 0 Å². The Morgan fingerprint density at radius 3 is 2.69 bits per heavy atom. The van der Waals surface area contributed by atoms with E-state index >= 15 is 0 Å². The van der Waals surface area contributed by atoms with Gasteiger partial charge in [0, 0.05) is 18.2 Å². The number of carbonyl (C=O) groups excluding carboxylic acids is 2. The second-order valence-corrected chi connectivity index (χ2v) is 10.1. The number of carbonyl (C=O) groups is 2. The van der Waals surface area contributed by atoms with Crippen LogP contribution in [0.25, 0.3) is 11.3 Å². The Kier molecular flexibility index (Phi) is 8.46. The van der Waals surface area contributed by atoms with Gasteiger partial charge in [0.05, 0.1) is 10.6 Å². The number of hydrogen-bond donors (Lipinski definition) is 2. The summed E-state index contributed by atoms with van der Waals surface area (Å²) in [4.78, 5) is 25.8. The Morgan fingerprint density at radius 1 is 1.14 bits per heavy atom. The lowest BCUT2D eigenvalue weighted by molar-refractivity contribution is 0.0898. The summed E-state index contributed by atoms with van der Waals surface area (Å²) in [5.41, 5.74) is 0.976. The number of hydrogen-bond acceptors (Lipinski definition) is 5. The fraction of sp³-hybridized carbons (Fsp3) is 0.346. The van der Waals surface area contributed by atoms with Crippen molar-refractivity contribution >= 4 is 35.2 Å². The van der Waals surface area contributed by atoms with Crippen LogP contribution in [0.15, 0.2) is 58.1 Å². The van der Waals surface area contributed by atoms with Crippen LogP contribution < -0.4 is 10.6 Å². The molecule has 0 aliphatic heterocycles. The summed E-state index contributed by atoms with van der Waals surface area (Å²) < 4.78 is 20.0. The highest BCUT2D eigenvalue weighted by Gasteiger charge is 2.30. The van der Waals surface area contributed by atoms with Gasteiger partial charge in [-0.15, -0.1) is 0 Å². The van der Waals surface area contributed by atoms with Crippen LogP contribution in [0, 0.1) is 11.7 Å². The number of aromatic nitrogens is 1. The molecular formula is C26H27ClFN3O3S. The molecule has 2 amide bonds. The molecule has 0 saturated heterocycles. The van der Waals surface area contributed by atoms with Gasteiger partial charge >= 0.3 is 0 Å². The third kappa shape index (κ3) is 6.05. The predicted octanol–water partition coefficient (Wildman–Crippen LogP) is 5.96.